The van der Waals surface area contributed by atoms with Crippen molar-refractivity contribution in [3.05, 3.63) is 340 Å². The van der Waals surface area contributed by atoms with E-state index >= 15 is 0 Å². The summed E-state index contributed by atoms with van der Waals surface area (Å²) in [6, 6.07) is 125. The Labute approximate surface area is 592 Å². The van der Waals surface area contributed by atoms with Crippen LogP contribution < -0.4 is 0 Å². The second kappa shape index (κ2) is 21.5. The lowest BCUT2D eigenvalue weighted by Gasteiger charge is -2.11. The van der Waals surface area contributed by atoms with Gasteiger partial charge in [-0.2, -0.15) is 0 Å². The summed E-state index contributed by atoms with van der Waals surface area (Å²) in [5, 5.41) is 16.8. The van der Waals surface area contributed by atoms with E-state index in [4.69, 9.17) is 8.83 Å². The SMILES string of the molecule is c1cc(-c2ccc3oc4ccc(-n5c6ccccc6c6ccccc65)cc4c3c2)cc(-c2ccc3c(c2)c2ccccc2n3-c2ccc3sc4ccc(-n5c6ccccc6c6cc(-c7cccc(-c8ccc9oc%10ccc(-n%11c%12ccccc%12c%12ccccc%12%11)cc%10c9c8)c7)ccc65)cc4c3c2)c1. The molecule has 0 bridgehead atoms. The van der Waals surface area contributed by atoms with Crippen LogP contribution in [0.5, 0.6) is 0 Å². The Balaban J connectivity index is 0.573. The fraction of sp³-hybridized carbons (Fsp3) is 0. The maximum Gasteiger partial charge on any atom is 0.135 e. The third-order valence-corrected chi connectivity index (χ3v) is 23.1. The lowest BCUT2D eigenvalue weighted by molar-refractivity contribution is 0.668. The van der Waals surface area contributed by atoms with Crippen LogP contribution in [0, 0.1) is 0 Å². The quantitative estimate of drug-likeness (QED) is 0.152. The van der Waals surface area contributed by atoms with Crippen LogP contribution in [0.3, 0.4) is 0 Å². The molecule has 0 radical (unpaired) electrons. The average Bonchev–Trinajstić information content (AvgIpc) is 1.60. The van der Waals surface area contributed by atoms with Gasteiger partial charge in [-0.15, -0.1) is 11.3 Å². The van der Waals surface area contributed by atoms with Crippen molar-refractivity contribution in [2.75, 3.05) is 0 Å². The van der Waals surface area contributed by atoms with Crippen molar-refractivity contribution in [2.45, 2.75) is 0 Å². The zero-order valence-electron chi connectivity index (χ0n) is 55.3. The van der Waals surface area contributed by atoms with Gasteiger partial charge in [-0.1, -0.05) is 170 Å². The minimum Gasteiger partial charge on any atom is -0.456 e. The summed E-state index contributed by atoms with van der Waals surface area (Å²) in [5.74, 6) is 0. The number of thiophene rings is 1. The molecule has 0 atom stereocenters. The second-order valence-corrected chi connectivity index (χ2v) is 28.6. The molecular weight excluding hydrogens is 1270 g/mol. The highest BCUT2D eigenvalue weighted by Gasteiger charge is 2.22. The highest BCUT2D eigenvalue weighted by atomic mass is 32.1. The van der Waals surface area contributed by atoms with Crippen molar-refractivity contribution in [3.8, 4) is 67.3 Å². The first-order valence-corrected chi connectivity index (χ1v) is 36.0. The summed E-state index contributed by atoms with van der Waals surface area (Å²) >= 11 is 1.86. The number of rotatable bonds is 8. The molecule has 103 heavy (non-hydrogen) atoms. The van der Waals surface area contributed by atoms with Crippen molar-refractivity contribution < 1.29 is 8.83 Å². The predicted molar refractivity (Wildman–Crippen MR) is 433 cm³/mol. The van der Waals surface area contributed by atoms with Crippen molar-refractivity contribution in [3.63, 3.8) is 0 Å². The van der Waals surface area contributed by atoms with Crippen LogP contribution in [0.15, 0.2) is 349 Å². The maximum atomic E-state index is 6.51. The molecule has 0 spiro atoms. The van der Waals surface area contributed by atoms with Crippen LogP contribution in [0.1, 0.15) is 0 Å². The molecule has 7 heteroatoms. The molecule has 23 rings (SSSR count). The Kier molecular flexibility index (Phi) is 11.8. The molecule has 0 saturated carbocycles. The van der Waals surface area contributed by atoms with Gasteiger partial charge in [-0.3, -0.25) is 0 Å². The molecule has 0 aliphatic heterocycles. The highest BCUT2D eigenvalue weighted by molar-refractivity contribution is 7.25. The number of fused-ring (bicyclic) bond motifs is 21. The molecule has 0 aliphatic carbocycles. The van der Waals surface area contributed by atoms with E-state index in [1.54, 1.807) is 0 Å². The van der Waals surface area contributed by atoms with E-state index in [-0.39, 0.29) is 0 Å². The number of hydrogen-bond acceptors (Lipinski definition) is 3. The van der Waals surface area contributed by atoms with E-state index in [1.165, 1.54) is 130 Å². The molecule has 0 aliphatic rings. The van der Waals surface area contributed by atoms with Crippen LogP contribution in [0.4, 0.5) is 0 Å². The maximum absolute atomic E-state index is 6.51. The van der Waals surface area contributed by atoms with Gasteiger partial charge < -0.3 is 27.1 Å². The zero-order chi connectivity index (χ0) is 67.1. The molecule has 7 aromatic heterocycles. The van der Waals surface area contributed by atoms with Crippen LogP contribution in [-0.4, -0.2) is 18.3 Å². The van der Waals surface area contributed by atoms with Gasteiger partial charge in [0.25, 0.3) is 0 Å². The summed E-state index contributed by atoms with van der Waals surface area (Å²) in [4.78, 5) is 0. The van der Waals surface area contributed by atoms with Gasteiger partial charge in [-0.25, -0.2) is 0 Å². The first-order chi connectivity index (χ1) is 51.0. The first kappa shape index (κ1) is 56.4. The molecule has 23 aromatic rings. The van der Waals surface area contributed by atoms with Gasteiger partial charge in [0.15, 0.2) is 0 Å². The summed E-state index contributed by atoms with van der Waals surface area (Å²) in [7, 11) is 0. The first-order valence-electron chi connectivity index (χ1n) is 35.2. The van der Waals surface area contributed by atoms with E-state index in [9.17, 15) is 0 Å². The number of hydrogen-bond donors (Lipinski definition) is 0. The predicted octanol–water partition coefficient (Wildman–Crippen LogP) is 26.9. The van der Waals surface area contributed by atoms with Crippen molar-refractivity contribution >= 4 is 163 Å². The van der Waals surface area contributed by atoms with Gasteiger partial charge in [0.1, 0.15) is 22.3 Å². The summed E-state index contributed by atoms with van der Waals surface area (Å²) < 4.78 is 25.2. The standard InChI is InChI=1S/C96H56N4O2S/c1-7-25-83-69(19-1)70-20-2-8-26-84(70)97(83)65-35-43-93-79(53-65)77-51-63(33-41-91(77)101-93)59-17-13-15-57(47-59)61-31-39-89-75(49-61)73-23-5-11-29-87(73)99(89)67-37-45-95-81(55-67)82-56-68(38-46-96(82)103-95)100-88-30-12-6-24-74(88)76-50-62(32-40-90(76)100)58-16-14-18-60(48-58)64-34-42-92-78(52-64)80-54-66(36-44-94(80)102-92)98-85-27-9-3-21-71(85)72-22-4-10-28-86(72)98/h1-56H. The molecule has 7 heterocycles. The lowest BCUT2D eigenvalue weighted by Crippen LogP contribution is -1.94. The second-order valence-electron chi connectivity index (χ2n) is 27.5. The minimum atomic E-state index is 0.878. The van der Waals surface area contributed by atoms with Gasteiger partial charge in [0.2, 0.25) is 0 Å². The summed E-state index contributed by atoms with van der Waals surface area (Å²) in [5.41, 5.74) is 26.7. The Morgan fingerprint density at radius 3 is 0.748 bits per heavy atom. The van der Waals surface area contributed by atoms with Crippen LogP contribution in [0.25, 0.3) is 219 Å². The van der Waals surface area contributed by atoms with E-state index < -0.39 is 0 Å². The third-order valence-electron chi connectivity index (χ3n) is 21.9. The van der Waals surface area contributed by atoms with Crippen molar-refractivity contribution in [1.29, 1.82) is 0 Å². The molecule has 0 fully saturated rings. The molecular formula is C96H56N4O2S. The topological polar surface area (TPSA) is 46.0 Å². The Morgan fingerprint density at radius 1 is 0.165 bits per heavy atom. The molecule has 0 saturated heterocycles. The fourth-order valence-electron chi connectivity index (χ4n) is 17.2. The van der Waals surface area contributed by atoms with Gasteiger partial charge in [0, 0.05) is 108 Å². The van der Waals surface area contributed by atoms with Gasteiger partial charge in [-0.05, 0) is 214 Å². The normalized spacial score (nSPS) is 12.3. The van der Waals surface area contributed by atoms with Crippen LogP contribution in [-0.2, 0) is 0 Å². The number of furan rings is 2. The highest BCUT2D eigenvalue weighted by Crippen LogP contribution is 2.45. The third kappa shape index (κ3) is 8.43. The minimum absolute atomic E-state index is 0.878. The molecule has 6 nitrogen and oxygen atoms in total. The number of aromatic nitrogens is 4. The molecule has 0 unspecified atom stereocenters. The largest absolute Gasteiger partial charge is 0.456 e. The Morgan fingerprint density at radius 2 is 0.408 bits per heavy atom. The number of benzene rings is 16. The summed E-state index contributed by atoms with van der Waals surface area (Å²) in [6.07, 6.45) is 0. The van der Waals surface area contributed by atoms with E-state index in [0.29, 0.717) is 0 Å². The van der Waals surface area contributed by atoms with Gasteiger partial charge in [0.05, 0.1) is 44.1 Å². The molecule has 16 aromatic carbocycles. The molecule has 0 amide bonds. The monoisotopic (exact) mass is 1330 g/mol. The van der Waals surface area contributed by atoms with E-state index in [1.807, 2.05) is 11.3 Å². The Hall–Kier alpha value is -13.5. The van der Waals surface area contributed by atoms with Crippen LogP contribution >= 0.6 is 11.3 Å². The van der Waals surface area contributed by atoms with Crippen molar-refractivity contribution in [1.82, 2.24) is 18.3 Å². The van der Waals surface area contributed by atoms with Gasteiger partial charge >= 0.3 is 0 Å². The zero-order valence-corrected chi connectivity index (χ0v) is 56.2. The number of para-hydroxylation sites is 6. The molecule has 0 N–H and O–H groups in total. The number of nitrogens with zero attached hydrogens (tertiary/aromatic N) is 4. The van der Waals surface area contributed by atoms with E-state index in [2.05, 4.69) is 358 Å². The fourth-order valence-corrected chi connectivity index (χ4v) is 18.3. The summed E-state index contributed by atoms with van der Waals surface area (Å²) in [6.45, 7) is 0. The smallest absolute Gasteiger partial charge is 0.135 e. The molecule has 478 valence electrons. The van der Waals surface area contributed by atoms with Crippen molar-refractivity contribution in [2.24, 2.45) is 0 Å². The Bertz CT molecular complexity index is 7030. The van der Waals surface area contributed by atoms with Crippen LogP contribution in [0.2, 0.25) is 0 Å². The average molecular weight is 1330 g/mol. The lowest BCUT2D eigenvalue weighted by atomic mass is 9.97. The van der Waals surface area contributed by atoms with E-state index in [0.717, 1.165) is 88.9 Å².